The zero-order chi connectivity index (χ0) is 50.1. The predicted molar refractivity (Wildman–Crippen MR) is 255 cm³/mol. The van der Waals surface area contributed by atoms with Gasteiger partial charge in [-0.15, -0.1) is 0 Å². The van der Waals surface area contributed by atoms with Crippen molar-refractivity contribution in [3.63, 3.8) is 0 Å². The Bertz CT molecular complexity index is 1040. The average molecular weight is 959 g/mol. The molecule has 4 unspecified atom stereocenters. The lowest BCUT2D eigenvalue weighted by atomic mass is 9.98. The average Bonchev–Trinajstić information content (AvgIpc) is 3.23. The van der Waals surface area contributed by atoms with Crippen LogP contribution in [-0.2, 0) is 23.9 Å². The summed E-state index contributed by atoms with van der Waals surface area (Å²) >= 11 is 0. The monoisotopic (exact) mass is 959 g/mol. The van der Waals surface area contributed by atoms with Gasteiger partial charge in [0.05, 0.1) is 56.1 Å². The third-order valence-electron chi connectivity index (χ3n) is 11.5. The first-order chi connectivity index (χ1) is 31.3. The van der Waals surface area contributed by atoms with Gasteiger partial charge in [-0.25, -0.2) is 4.79 Å². The second-order valence-electron chi connectivity index (χ2n) is 18.7. The Morgan fingerprint density at radius 2 is 0.727 bits per heavy atom. The van der Waals surface area contributed by atoms with Gasteiger partial charge in [0, 0.05) is 26.2 Å². The maximum atomic E-state index is 12.5. The summed E-state index contributed by atoms with van der Waals surface area (Å²) in [4.78, 5) is 38.3. The molecule has 0 heterocycles. The van der Waals surface area contributed by atoms with Crippen LogP contribution in [0.25, 0.3) is 0 Å². The molecule has 0 spiro atoms. The van der Waals surface area contributed by atoms with Gasteiger partial charge in [0.2, 0.25) is 0 Å². The van der Waals surface area contributed by atoms with Gasteiger partial charge in [-0.1, -0.05) is 130 Å². The second kappa shape index (κ2) is 43.0. The van der Waals surface area contributed by atoms with Crippen LogP contribution in [0.2, 0.25) is 0 Å². The van der Waals surface area contributed by atoms with Crippen LogP contribution in [0.3, 0.4) is 0 Å². The zero-order valence-electron chi connectivity index (χ0n) is 42.0. The highest BCUT2D eigenvalue weighted by Gasteiger charge is 2.38. The number of alkyl halides is 3. The molecule has 6 N–H and O–H groups in total. The van der Waals surface area contributed by atoms with Gasteiger partial charge in [-0.3, -0.25) is 19.4 Å². The van der Waals surface area contributed by atoms with E-state index in [9.17, 15) is 48.3 Å². The van der Waals surface area contributed by atoms with Crippen LogP contribution < -0.4 is 0 Å². The normalized spacial score (nSPS) is 14.6. The summed E-state index contributed by atoms with van der Waals surface area (Å²) in [5.41, 5.74) is -1.57. The molecule has 0 aromatic heterocycles. The molecule has 0 saturated heterocycles. The Morgan fingerprint density at radius 1 is 0.470 bits per heavy atom. The van der Waals surface area contributed by atoms with Crippen molar-refractivity contribution in [3.05, 3.63) is 0 Å². The number of esters is 2. The number of carboxylic acids is 1. The molecule has 16 heteroatoms. The van der Waals surface area contributed by atoms with Crippen molar-refractivity contribution in [2.24, 2.45) is 0 Å². The number of aliphatic hydroxyl groups is 5. The quantitative estimate of drug-likeness (QED) is 0.0250. The second-order valence-corrected chi connectivity index (χ2v) is 18.7. The highest BCUT2D eigenvalue weighted by atomic mass is 19.4. The van der Waals surface area contributed by atoms with Gasteiger partial charge in [0.1, 0.15) is 0 Å². The highest BCUT2D eigenvalue weighted by Crippen LogP contribution is 2.18. The van der Waals surface area contributed by atoms with E-state index in [1.807, 2.05) is 0 Å². The molecular weight excluding hydrogens is 862 g/mol. The summed E-state index contributed by atoms with van der Waals surface area (Å²) in [5, 5.41) is 60.6. The van der Waals surface area contributed by atoms with Crippen molar-refractivity contribution in [1.29, 1.82) is 0 Å². The van der Waals surface area contributed by atoms with Crippen LogP contribution in [0, 0.1) is 0 Å². The first-order valence-corrected chi connectivity index (χ1v) is 25.8. The largest absolute Gasteiger partial charge is 0.490 e. The number of halogens is 3. The number of carboxylic acid groups (broad SMARTS) is 1. The van der Waals surface area contributed by atoms with Crippen LogP contribution in [0.4, 0.5) is 13.2 Å². The minimum absolute atomic E-state index is 0.229. The van der Waals surface area contributed by atoms with E-state index in [1.54, 1.807) is 0 Å². The topological polar surface area (TPSA) is 198 Å². The molecule has 66 heavy (non-hydrogen) atoms. The molecule has 0 radical (unpaired) electrons. The molecule has 4 atom stereocenters. The van der Waals surface area contributed by atoms with Gasteiger partial charge in [-0.2, -0.15) is 13.2 Å². The third kappa shape index (κ3) is 44.4. The van der Waals surface area contributed by atoms with Crippen LogP contribution in [0.15, 0.2) is 0 Å². The van der Waals surface area contributed by atoms with Crippen LogP contribution in [0.5, 0.6) is 0 Å². The van der Waals surface area contributed by atoms with Gasteiger partial charge >= 0.3 is 24.1 Å². The van der Waals surface area contributed by atoms with Crippen LogP contribution in [0.1, 0.15) is 214 Å². The Morgan fingerprint density at radius 3 is 0.970 bits per heavy atom. The van der Waals surface area contributed by atoms with Crippen molar-refractivity contribution in [1.82, 2.24) is 9.80 Å². The highest BCUT2D eigenvalue weighted by molar-refractivity contribution is 5.75. The summed E-state index contributed by atoms with van der Waals surface area (Å²) in [5.74, 6) is -3.86. The number of aliphatic hydroxyl groups excluding tert-OH is 4. The molecule has 0 aliphatic rings. The Balaban J connectivity index is 0. The molecule has 13 nitrogen and oxygen atoms in total. The van der Waals surface area contributed by atoms with E-state index in [0.29, 0.717) is 39.0 Å². The fourth-order valence-corrected chi connectivity index (χ4v) is 7.69. The van der Waals surface area contributed by atoms with Crippen molar-refractivity contribution in [3.8, 4) is 0 Å². The maximum Gasteiger partial charge on any atom is 0.490 e. The summed E-state index contributed by atoms with van der Waals surface area (Å²) in [6.45, 7) is 14.4. The Labute approximate surface area is 397 Å². The molecule has 0 fully saturated rings. The number of rotatable bonds is 44. The molecule has 0 rings (SSSR count). The van der Waals surface area contributed by atoms with E-state index in [1.165, 1.54) is 32.6 Å². The van der Waals surface area contributed by atoms with E-state index < -0.39 is 54.1 Å². The van der Waals surface area contributed by atoms with Crippen molar-refractivity contribution in [2.45, 2.75) is 251 Å². The Hall–Kier alpha value is -2.08. The van der Waals surface area contributed by atoms with Crippen LogP contribution in [-0.4, -0.2) is 147 Å². The minimum atomic E-state index is -5.08. The number of nitrogens with zero attached hydrogens (tertiary/aromatic N) is 2. The lowest BCUT2D eigenvalue weighted by Crippen LogP contribution is -2.38. The molecule has 0 aliphatic heterocycles. The van der Waals surface area contributed by atoms with Gasteiger partial charge in [0.15, 0.2) is 0 Å². The SMILES string of the molecule is CCCCCCC(O)CN(CCCCCOC(=O)CC(C)(O)CC(=O)OCCCCCN(CC(O)CCCCCC)CC(O)CCCCCC)CC(O)CCCCCC.O=C(O)C(F)(F)F. The minimum Gasteiger partial charge on any atom is -0.475 e. The molecule has 0 bridgehead atoms. The number of carbonyl (C=O) groups excluding carboxylic acids is 2. The third-order valence-corrected chi connectivity index (χ3v) is 11.5. The van der Waals surface area contributed by atoms with Crippen LogP contribution >= 0.6 is 0 Å². The summed E-state index contributed by atoms with van der Waals surface area (Å²) in [6.07, 6.45) is 18.5. The number of unbranched alkanes of at least 4 members (excludes halogenated alkanes) is 16. The lowest BCUT2D eigenvalue weighted by Gasteiger charge is -2.27. The molecule has 0 aromatic carbocycles. The molecule has 0 saturated carbocycles. The lowest BCUT2D eigenvalue weighted by molar-refractivity contribution is -0.192. The number of hydrogen-bond donors (Lipinski definition) is 6. The van der Waals surface area contributed by atoms with Crippen molar-refractivity contribution >= 4 is 17.9 Å². The number of ether oxygens (including phenoxy) is 2. The first-order valence-electron chi connectivity index (χ1n) is 25.8. The van der Waals surface area contributed by atoms with E-state index in [-0.39, 0.29) is 26.1 Å². The number of aliphatic carboxylic acids is 1. The molecular formula is C50H97F3N2O11. The summed E-state index contributed by atoms with van der Waals surface area (Å²) < 4.78 is 42.5. The van der Waals surface area contributed by atoms with Crippen molar-refractivity contribution < 1.29 is 67.7 Å². The van der Waals surface area contributed by atoms with Gasteiger partial charge < -0.3 is 40.1 Å². The zero-order valence-corrected chi connectivity index (χ0v) is 42.0. The fraction of sp³-hybridized carbons (Fsp3) is 0.940. The molecule has 0 aliphatic carbocycles. The van der Waals surface area contributed by atoms with E-state index in [4.69, 9.17) is 19.4 Å². The molecule has 0 aromatic rings. The smallest absolute Gasteiger partial charge is 0.475 e. The maximum absolute atomic E-state index is 12.5. The predicted octanol–water partition coefficient (Wildman–Crippen LogP) is 9.51. The van der Waals surface area contributed by atoms with Crippen molar-refractivity contribution in [2.75, 3.05) is 52.5 Å². The Kier molecular flexibility index (Phi) is 43.0. The summed E-state index contributed by atoms with van der Waals surface area (Å²) in [6, 6.07) is 0. The molecule has 394 valence electrons. The van der Waals surface area contributed by atoms with Gasteiger partial charge in [0.25, 0.3) is 0 Å². The number of carbonyl (C=O) groups is 3. The fourth-order valence-electron chi connectivity index (χ4n) is 7.69. The standard InChI is InChI=1S/C48H96N2O9.C2HF3O2/c1-6-10-14-20-28-42(51)38-49(39-43(52)29-21-15-11-7-2)32-24-18-26-34-58-46(55)36-48(5,57)37-47(56)59-35-27-19-25-33-50(40-44(53)30-22-16-12-8-3)41-45(54)31-23-17-13-9-4;3-2(4,5)1(6)7/h42-45,51-54,57H,6-41H2,1-5H3;(H,6,7). The number of hydrogen-bond acceptors (Lipinski definition) is 12. The molecule has 0 amide bonds. The van der Waals surface area contributed by atoms with Gasteiger partial charge in [-0.05, 0) is 84.2 Å². The first kappa shape index (κ1) is 66.0. The van der Waals surface area contributed by atoms with E-state index in [2.05, 4.69) is 37.5 Å². The van der Waals surface area contributed by atoms with E-state index in [0.717, 1.165) is 142 Å². The van der Waals surface area contributed by atoms with E-state index >= 15 is 0 Å². The summed E-state index contributed by atoms with van der Waals surface area (Å²) in [7, 11) is 0.